The van der Waals surface area contributed by atoms with Crippen LogP contribution in [0.4, 0.5) is 0 Å². The number of ether oxygens (including phenoxy) is 1. The lowest BCUT2D eigenvalue weighted by molar-refractivity contribution is -0.127. The number of hydrogen-bond donors (Lipinski definition) is 1. The minimum Gasteiger partial charge on any atom is -0.390 e. The lowest BCUT2D eigenvalue weighted by Gasteiger charge is -2.37. The maximum atomic E-state index is 10.8. The van der Waals surface area contributed by atoms with Crippen LogP contribution in [0.15, 0.2) is 71.3 Å². The van der Waals surface area contributed by atoms with Crippen LogP contribution in [0.2, 0.25) is 0 Å². The highest BCUT2D eigenvalue weighted by molar-refractivity contribution is 5.17. The van der Waals surface area contributed by atoms with Crippen molar-refractivity contribution in [2.45, 2.75) is 76.9 Å². The van der Waals surface area contributed by atoms with Crippen LogP contribution >= 0.6 is 0 Å². The van der Waals surface area contributed by atoms with Gasteiger partial charge in [0.25, 0.3) is 0 Å². The van der Waals surface area contributed by atoms with E-state index in [9.17, 15) is 5.11 Å². The molecule has 3 unspecified atom stereocenters. The van der Waals surface area contributed by atoms with Gasteiger partial charge in [-0.15, -0.1) is 0 Å². The van der Waals surface area contributed by atoms with Crippen molar-refractivity contribution in [1.29, 1.82) is 0 Å². The summed E-state index contributed by atoms with van der Waals surface area (Å²) in [5.74, 6) is 0.891. The van der Waals surface area contributed by atoms with E-state index >= 15 is 0 Å². The molecule has 5 nitrogen and oxygen atoms in total. The van der Waals surface area contributed by atoms with Crippen molar-refractivity contribution in [3.8, 4) is 0 Å². The predicted octanol–water partition coefficient (Wildman–Crippen LogP) is 5.13. The largest absolute Gasteiger partial charge is 0.390 e. The molecule has 0 bridgehead atoms. The topological polar surface area (TPSA) is 58.7 Å². The second-order valence-corrected chi connectivity index (χ2v) is 10.2. The van der Waals surface area contributed by atoms with Crippen LogP contribution in [0, 0.1) is 0 Å². The van der Waals surface area contributed by atoms with Crippen molar-refractivity contribution in [2.24, 2.45) is 0 Å². The molecule has 4 rings (SSSR count). The molecule has 0 radical (unpaired) electrons. The van der Waals surface area contributed by atoms with Crippen molar-refractivity contribution in [3.63, 3.8) is 0 Å². The maximum absolute atomic E-state index is 10.8. The zero-order valence-electron chi connectivity index (χ0n) is 20.0. The Kier molecular flexibility index (Phi) is 7.63. The first-order chi connectivity index (χ1) is 15.9. The van der Waals surface area contributed by atoms with E-state index in [0.717, 1.165) is 37.4 Å². The fraction of sp³-hybridized carbons (Fsp3) is 0.464. The summed E-state index contributed by atoms with van der Waals surface area (Å²) in [6.45, 7) is 8.66. The molecule has 1 aliphatic rings. The van der Waals surface area contributed by atoms with E-state index in [1.807, 2.05) is 18.2 Å². The smallest absolute Gasteiger partial charge is 0.142 e. The number of nitrogens with zero attached hydrogens (tertiary/aromatic N) is 2. The molecule has 1 fully saturated rings. The number of aromatic nitrogens is 1. The van der Waals surface area contributed by atoms with Gasteiger partial charge in [0.1, 0.15) is 5.76 Å². The normalized spacial score (nSPS) is 21.4. The standard InChI is InChI=1S/C28H36N2O3/c1-28(2,3)27-17-23(29-33-27)16-24-14-15-25(31)26(32-24)20-30(18-21-10-6-4-7-11-21)19-22-12-8-5-9-13-22/h4-13,17,24-26,31H,14-16,18-20H2,1-3H3. The molecule has 0 amide bonds. The Bertz CT molecular complexity index is 940. The number of benzene rings is 2. The lowest BCUT2D eigenvalue weighted by Crippen LogP contribution is -2.46. The van der Waals surface area contributed by atoms with Gasteiger partial charge in [0.05, 0.1) is 24.0 Å². The van der Waals surface area contributed by atoms with E-state index < -0.39 is 6.10 Å². The summed E-state index contributed by atoms with van der Waals surface area (Å²) >= 11 is 0. The minimum absolute atomic E-state index is 0.0339. The summed E-state index contributed by atoms with van der Waals surface area (Å²) < 4.78 is 12.0. The van der Waals surface area contributed by atoms with E-state index in [-0.39, 0.29) is 17.6 Å². The Balaban J connectivity index is 1.43. The fourth-order valence-electron chi connectivity index (χ4n) is 4.38. The molecule has 2 aromatic carbocycles. The first-order valence-electron chi connectivity index (χ1n) is 12.0. The van der Waals surface area contributed by atoms with Crippen LogP contribution in [0.25, 0.3) is 0 Å². The van der Waals surface area contributed by atoms with Gasteiger partial charge in [-0.05, 0) is 24.0 Å². The molecule has 176 valence electrons. The average molecular weight is 449 g/mol. The minimum atomic E-state index is -0.460. The molecule has 5 heteroatoms. The molecule has 0 aliphatic carbocycles. The van der Waals surface area contributed by atoms with Crippen LogP contribution in [0.3, 0.4) is 0 Å². The second kappa shape index (κ2) is 10.6. The molecular formula is C28H36N2O3. The fourth-order valence-corrected chi connectivity index (χ4v) is 4.38. The predicted molar refractivity (Wildman–Crippen MR) is 130 cm³/mol. The second-order valence-electron chi connectivity index (χ2n) is 10.2. The molecule has 3 aromatic rings. The number of hydrogen-bond acceptors (Lipinski definition) is 5. The zero-order valence-corrected chi connectivity index (χ0v) is 20.0. The molecular weight excluding hydrogens is 412 g/mol. The lowest BCUT2D eigenvalue weighted by atomic mass is 9.92. The summed E-state index contributed by atoms with van der Waals surface area (Å²) in [4.78, 5) is 2.37. The average Bonchev–Trinajstić information content (AvgIpc) is 3.27. The van der Waals surface area contributed by atoms with Gasteiger partial charge in [0, 0.05) is 37.5 Å². The molecule has 1 N–H and O–H groups in total. The molecule has 3 atom stereocenters. The number of aliphatic hydroxyl groups excluding tert-OH is 1. The van der Waals surface area contributed by atoms with Crippen molar-refractivity contribution in [2.75, 3.05) is 6.54 Å². The summed E-state index contributed by atoms with van der Waals surface area (Å²) in [5, 5.41) is 15.0. The highest BCUT2D eigenvalue weighted by atomic mass is 16.5. The van der Waals surface area contributed by atoms with Crippen LogP contribution in [0.1, 0.15) is 56.2 Å². The van der Waals surface area contributed by atoms with E-state index in [0.29, 0.717) is 13.0 Å². The molecule has 1 aromatic heterocycles. The van der Waals surface area contributed by atoms with E-state index in [4.69, 9.17) is 9.26 Å². The highest BCUT2D eigenvalue weighted by Crippen LogP contribution is 2.27. The van der Waals surface area contributed by atoms with Crippen molar-refractivity contribution < 1.29 is 14.4 Å². The van der Waals surface area contributed by atoms with Crippen molar-refractivity contribution >= 4 is 0 Å². The highest BCUT2D eigenvalue weighted by Gasteiger charge is 2.32. The van der Waals surface area contributed by atoms with Gasteiger partial charge in [-0.1, -0.05) is 86.6 Å². The van der Waals surface area contributed by atoms with E-state index in [1.54, 1.807) is 0 Å². The first-order valence-corrected chi connectivity index (χ1v) is 12.0. The number of rotatable bonds is 8. The Labute approximate surface area is 197 Å². The Hall–Kier alpha value is -2.47. The van der Waals surface area contributed by atoms with Crippen molar-refractivity contribution in [1.82, 2.24) is 10.1 Å². The van der Waals surface area contributed by atoms with Gasteiger partial charge in [-0.3, -0.25) is 4.90 Å². The van der Waals surface area contributed by atoms with Gasteiger partial charge >= 0.3 is 0 Å². The summed E-state index contributed by atoms with van der Waals surface area (Å²) in [6.07, 6.45) is 1.62. The third-order valence-electron chi connectivity index (χ3n) is 6.25. The zero-order chi connectivity index (χ0) is 23.3. The van der Waals surface area contributed by atoms with Gasteiger partial charge in [0.15, 0.2) is 0 Å². The van der Waals surface area contributed by atoms with Crippen LogP contribution < -0.4 is 0 Å². The summed E-state index contributed by atoms with van der Waals surface area (Å²) in [7, 11) is 0. The Morgan fingerprint density at radius 3 is 2.09 bits per heavy atom. The van der Waals surface area contributed by atoms with Crippen LogP contribution in [0.5, 0.6) is 0 Å². The van der Waals surface area contributed by atoms with Crippen molar-refractivity contribution in [3.05, 3.63) is 89.3 Å². The first kappa shape index (κ1) is 23.7. The van der Waals surface area contributed by atoms with Gasteiger partial charge in [0.2, 0.25) is 0 Å². The SMILES string of the molecule is CC(C)(C)c1cc(CC2CCC(O)C(CN(Cc3ccccc3)Cc3ccccc3)O2)no1. The number of aliphatic hydroxyl groups is 1. The summed E-state index contributed by atoms with van der Waals surface area (Å²) in [6, 6.07) is 23.0. The third-order valence-corrected chi connectivity index (χ3v) is 6.25. The van der Waals surface area contributed by atoms with Gasteiger partial charge in [-0.2, -0.15) is 0 Å². The van der Waals surface area contributed by atoms with Gasteiger partial charge in [-0.25, -0.2) is 0 Å². The molecule has 1 saturated heterocycles. The Morgan fingerprint density at radius 1 is 0.939 bits per heavy atom. The molecule has 33 heavy (non-hydrogen) atoms. The quantitative estimate of drug-likeness (QED) is 0.518. The molecule has 2 heterocycles. The van der Waals surface area contributed by atoms with Crippen LogP contribution in [-0.4, -0.2) is 40.0 Å². The molecule has 1 aliphatic heterocycles. The van der Waals surface area contributed by atoms with E-state index in [2.05, 4.69) is 79.4 Å². The molecule has 0 spiro atoms. The van der Waals surface area contributed by atoms with E-state index in [1.165, 1.54) is 11.1 Å². The molecule has 0 saturated carbocycles. The monoisotopic (exact) mass is 448 g/mol. The van der Waals surface area contributed by atoms with Gasteiger partial charge < -0.3 is 14.4 Å². The third kappa shape index (κ3) is 6.76. The summed E-state index contributed by atoms with van der Waals surface area (Å²) in [5.41, 5.74) is 3.37. The maximum Gasteiger partial charge on any atom is 0.142 e. The Morgan fingerprint density at radius 2 is 1.55 bits per heavy atom. The van der Waals surface area contributed by atoms with Crippen LogP contribution in [-0.2, 0) is 29.7 Å².